The van der Waals surface area contributed by atoms with Gasteiger partial charge in [-0.3, -0.25) is 14.4 Å². The maximum atomic E-state index is 13.0. The van der Waals surface area contributed by atoms with E-state index in [1.54, 1.807) is 0 Å². The summed E-state index contributed by atoms with van der Waals surface area (Å²) < 4.78 is 31.7. The molecule has 11 nitrogen and oxygen atoms in total. The number of benzene rings is 4. The Hall–Kier alpha value is -5.66. The van der Waals surface area contributed by atoms with Crippen LogP contribution < -0.4 is 22.1 Å². The molecule has 0 saturated heterocycles. The van der Waals surface area contributed by atoms with Crippen molar-refractivity contribution in [2.75, 3.05) is 13.1 Å². The molecular weight excluding hydrogens is 581 g/mol. The molecule has 0 aliphatic heterocycles. The van der Waals surface area contributed by atoms with E-state index < -0.39 is 18.1 Å². The SMILES string of the molecule is NC(N)=NC(=O)c1ccc(C(=O)NCCCCNC(=O)c2ccc3ccc4cccc5ccc2c3c45)[nH]1.O=C(O)C(F)(F)F. The van der Waals surface area contributed by atoms with Gasteiger partial charge in [0.15, 0.2) is 5.96 Å². The number of aromatic amines is 1. The van der Waals surface area contributed by atoms with Crippen molar-refractivity contribution in [2.45, 2.75) is 19.0 Å². The number of unbranched alkanes of at least 4 members (excludes halogenated alkanes) is 1. The van der Waals surface area contributed by atoms with Gasteiger partial charge >= 0.3 is 12.1 Å². The maximum Gasteiger partial charge on any atom is 0.490 e. The molecule has 228 valence electrons. The summed E-state index contributed by atoms with van der Waals surface area (Å²) in [6, 6.07) is 21.3. The van der Waals surface area contributed by atoms with E-state index in [1.165, 1.54) is 17.5 Å². The number of aliphatic imine (C=N–C) groups is 1. The molecule has 0 spiro atoms. The van der Waals surface area contributed by atoms with E-state index in [0.29, 0.717) is 31.5 Å². The Morgan fingerprint density at radius 1 is 0.750 bits per heavy atom. The number of hydrogen-bond donors (Lipinski definition) is 6. The number of aliphatic carboxylic acids is 1. The highest BCUT2D eigenvalue weighted by molar-refractivity contribution is 6.26. The summed E-state index contributed by atoms with van der Waals surface area (Å²) in [4.78, 5) is 52.1. The highest BCUT2D eigenvalue weighted by Crippen LogP contribution is 2.35. The third kappa shape index (κ3) is 7.21. The van der Waals surface area contributed by atoms with Crippen LogP contribution in [0.1, 0.15) is 44.2 Å². The number of carbonyl (C=O) groups is 4. The van der Waals surface area contributed by atoms with Crippen molar-refractivity contribution in [3.63, 3.8) is 0 Å². The second-order valence-electron chi connectivity index (χ2n) is 9.62. The number of nitrogens with zero attached hydrogens (tertiary/aromatic N) is 1. The highest BCUT2D eigenvalue weighted by Gasteiger charge is 2.38. The molecule has 5 aromatic rings. The lowest BCUT2D eigenvalue weighted by Gasteiger charge is -2.14. The summed E-state index contributed by atoms with van der Waals surface area (Å²) in [5.74, 6) is -4.23. The molecule has 44 heavy (non-hydrogen) atoms. The number of aromatic nitrogens is 1. The number of nitrogens with two attached hydrogens (primary N) is 2. The van der Waals surface area contributed by atoms with Crippen molar-refractivity contribution in [3.05, 3.63) is 83.7 Å². The van der Waals surface area contributed by atoms with Gasteiger partial charge in [-0.15, -0.1) is 0 Å². The van der Waals surface area contributed by atoms with Crippen LogP contribution in [0.25, 0.3) is 32.3 Å². The first-order chi connectivity index (χ1) is 20.9. The largest absolute Gasteiger partial charge is 0.490 e. The number of H-pyrrole nitrogens is 1. The molecule has 8 N–H and O–H groups in total. The summed E-state index contributed by atoms with van der Waals surface area (Å²) in [5, 5.41) is 19.6. The highest BCUT2D eigenvalue weighted by atomic mass is 19.4. The van der Waals surface area contributed by atoms with Crippen molar-refractivity contribution < 1.29 is 37.5 Å². The van der Waals surface area contributed by atoms with Gasteiger partial charge in [-0.05, 0) is 63.4 Å². The minimum Gasteiger partial charge on any atom is -0.475 e. The zero-order chi connectivity index (χ0) is 32.0. The van der Waals surface area contributed by atoms with Gasteiger partial charge in [0.2, 0.25) is 0 Å². The fourth-order valence-corrected chi connectivity index (χ4v) is 4.61. The minimum atomic E-state index is -5.08. The fraction of sp³-hybridized carbons (Fsp3) is 0.167. The van der Waals surface area contributed by atoms with Gasteiger partial charge in [0.05, 0.1) is 0 Å². The van der Waals surface area contributed by atoms with Crippen molar-refractivity contribution in [1.29, 1.82) is 0 Å². The zero-order valence-electron chi connectivity index (χ0n) is 23.0. The van der Waals surface area contributed by atoms with E-state index in [4.69, 9.17) is 21.4 Å². The molecule has 0 saturated carbocycles. The lowest BCUT2D eigenvalue weighted by atomic mass is 9.92. The molecule has 0 aliphatic rings. The smallest absolute Gasteiger partial charge is 0.475 e. The minimum absolute atomic E-state index is 0.119. The number of carbonyl (C=O) groups excluding carboxylic acids is 3. The van der Waals surface area contributed by atoms with Crippen LogP contribution >= 0.6 is 0 Å². The molecular formula is C30H27F3N6O5. The van der Waals surface area contributed by atoms with E-state index in [1.807, 2.05) is 24.3 Å². The second kappa shape index (κ2) is 13.1. The first-order valence-electron chi connectivity index (χ1n) is 13.2. The summed E-state index contributed by atoms with van der Waals surface area (Å²) in [6.07, 6.45) is -3.72. The van der Waals surface area contributed by atoms with E-state index in [9.17, 15) is 27.6 Å². The first-order valence-corrected chi connectivity index (χ1v) is 13.2. The number of nitrogens with one attached hydrogen (secondary N) is 3. The van der Waals surface area contributed by atoms with Crippen LogP contribution in [0.3, 0.4) is 0 Å². The van der Waals surface area contributed by atoms with Gasteiger partial charge in [-0.2, -0.15) is 18.2 Å². The van der Waals surface area contributed by atoms with Crippen LogP contribution in [0.2, 0.25) is 0 Å². The van der Waals surface area contributed by atoms with Crippen LogP contribution in [0.5, 0.6) is 0 Å². The van der Waals surface area contributed by atoms with Crippen LogP contribution in [0, 0.1) is 0 Å². The molecule has 5 rings (SSSR count). The van der Waals surface area contributed by atoms with E-state index in [2.05, 4.69) is 50.9 Å². The monoisotopic (exact) mass is 608 g/mol. The molecule has 0 atom stereocenters. The number of rotatable bonds is 8. The number of hydrogen-bond acceptors (Lipinski definition) is 4. The number of carboxylic acids is 1. The molecule has 0 radical (unpaired) electrons. The quantitative estimate of drug-likeness (QED) is 0.0665. The Labute approximate surface area is 247 Å². The number of amides is 3. The Morgan fingerprint density at radius 3 is 1.86 bits per heavy atom. The van der Waals surface area contributed by atoms with E-state index in [0.717, 1.165) is 26.9 Å². The zero-order valence-corrected chi connectivity index (χ0v) is 23.0. The van der Waals surface area contributed by atoms with Crippen molar-refractivity contribution in [1.82, 2.24) is 15.6 Å². The Bertz CT molecular complexity index is 1860. The van der Waals surface area contributed by atoms with Gasteiger partial charge in [0, 0.05) is 18.7 Å². The number of carboxylic acid groups (broad SMARTS) is 1. The van der Waals surface area contributed by atoms with Gasteiger partial charge in [0.25, 0.3) is 17.7 Å². The van der Waals surface area contributed by atoms with Gasteiger partial charge in [0.1, 0.15) is 11.4 Å². The topological polar surface area (TPSA) is 193 Å². The lowest BCUT2D eigenvalue weighted by Crippen LogP contribution is -2.27. The average molecular weight is 609 g/mol. The average Bonchev–Trinajstić information content (AvgIpc) is 3.48. The number of guanidine groups is 1. The molecule has 4 aromatic carbocycles. The van der Waals surface area contributed by atoms with Crippen molar-refractivity contribution in [3.8, 4) is 0 Å². The van der Waals surface area contributed by atoms with E-state index in [-0.39, 0.29) is 29.2 Å². The Kier molecular flexibility index (Phi) is 9.32. The Balaban J connectivity index is 0.000000566. The third-order valence-electron chi connectivity index (χ3n) is 6.58. The normalized spacial score (nSPS) is 11.2. The second-order valence-corrected chi connectivity index (χ2v) is 9.62. The van der Waals surface area contributed by atoms with Crippen LogP contribution in [-0.2, 0) is 4.79 Å². The summed E-state index contributed by atoms with van der Waals surface area (Å²) in [6.45, 7) is 0.903. The molecule has 0 fully saturated rings. The third-order valence-corrected chi connectivity index (χ3v) is 6.58. The van der Waals surface area contributed by atoms with Crippen LogP contribution in [0.4, 0.5) is 13.2 Å². The maximum absolute atomic E-state index is 13.0. The van der Waals surface area contributed by atoms with Crippen molar-refractivity contribution in [2.24, 2.45) is 16.5 Å². The van der Waals surface area contributed by atoms with Gasteiger partial charge in [-0.1, -0.05) is 48.5 Å². The summed E-state index contributed by atoms with van der Waals surface area (Å²) in [7, 11) is 0. The molecule has 3 amide bonds. The number of halogens is 3. The molecule has 14 heteroatoms. The standard InChI is InChI=1S/C28H26N6O3.C2HF3O2/c29-28(30)34-27(37)22-13-12-21(33-22)26(36)32-15-2-1-14-31-25(35)20-11-9-18-7-6-16-4-3-5-17-8-10-19(20)24(18)23(16)17;3-2(4,5)1(6)7/h3-13,33H,1-2,14-15H2,(H,31,35)(H,32,36)(H4,29,30,34,37);(H,6,7). The molecule has 1 aromatic heterocycles. The summed E-state index contributed by atoms with van der Waals surface area (Å²) >= 11 is 0. The van der Waals surface area contributed by atoms with Gasteiger partial charge < -0.3 is 32.2 Å². The molecule has 1 heterocycles. The molecule has 0 bridgehead atoms. The van der Waals surface area contributed by atoms with E-state index >= 15 is 0 Å². The predicted octanol–water partition coefficient (Wildman–Crippen LogP) is 3.90. The van der Waals surface area contributed by atoms with Crippen LogP contribution in [0.15, 0.2) is 71.7 Å². The van der Waals surface area contributed by atoms with Crippen molar-refractivity contribution >= 4 is 62.0 Å². The van der Waals surface area contributed by atoms with Crippen LogP contribution in [-0.4, -0.2) is 59.0 Å². The predicted molar refractivity (Wildman–Crippen MR) is 159 cm³/mol. The number of alkyl halides is 3. The van der Waals surface area contributed by atoms with Gasteiger partial charge in [-0.25, -0.2) is 4.79 Å². The molecule has 0 aliphatic carbocycles. The molecule has 0 unspecified atom stereocenters. The fourth-order valence-electron chi connectivity index (χ4n) is 4.61. The first kappa shape index (κ1) is 31.3. The lowest BCUT2D eigenvalue weighted by molar-refractivity contribution is -0.192. The summed E-state index contributed by atoms with van der Waals surface area (Å²) in [5.41, 5.74) is 11.4. The Morgan fingerprint density at radius 2 is 1.27 bits per heavy atom.